The van der Waals surface area contributed by atoms with E-state index >= 15 is 0 Å². The first kappa shape index (κ1) is 8.38. The molecule has 64 valence electrons. The number of nitrogens with zero attached hydrogens (tertiary/aromatic N) is 3. The molecule has 1 heterocycles. The van der Waals surface area contributed by atoms with Gasteiger partial charge in [0.15, 0.2) is 17.3 Å². The van der Waals surface area contributed by atoms with E-state index in [4.69, 9.17) is 5.53 Å². The lowest BCUT2D eigenvalue weighted by molar-refractivity contribution is 1.08. The van der Waals surface area contributed by atoms with Crippen molar-refractivity contribution >= 4 is 17.3 Å². The van der Waals surface area contributed by atoms with Gasteiger partial charge in [-0.2, -0.15) is 5.11 Å². The molecule has 0 unspecified atom stereocenters. The topological polar surface area (TPSA) is 86.1 Å². The second-order valence-electron chi connectivity index (χ2n) is 2.03. The van der Waals surface area contributed by atoms with E-state index in [0.717, 1.165) is 0 Å². The average molecular weight is 166 g/mol. The Morgan fingerprint density at radius 2 is 1.75 bits per heavy atom. The molecule has 0 amide bonds. The van der Waals surface area contributed by atoms with Gasteiger partial charge in [0, 0.05) is 14.1 Å². The molecule has 0 saturated heterocycles. The number of anilines is 2. The summed E-state index contributed by atoms with van der Waals surface area (Å²) in [6, 6.07) is 0. The molecule has 0 bridgehead atoms. The fourth-order valence-electron chi connectivity index (χ4n) is 0.851. The summed E-state index contributed by atoms with van der Waals surface area (Å²) in [7, 11) is 3.44. The monoisotopic (exact) mass is 166 g/mol. The number of aromatic nitrogens is 2. The van der Waals surface area contributed by atoms with Crippen LogP contribution in [0.15, 0.2) is 11.4 Å². The molecule has 0 spiro atoms. The van der Waals surface area contributed by atoms with Crippen LogP contribution in [0.4, 0.5) is 17.3 Å². The molecule has 6 heteroatoms. The molecule has 0 fully saturated rings. The van der Waals surface area contributed by atoms with Crippen LogP contribution < -0.4 is 10.6 Å². The van der Waals surface area contributed by atoms with E-state index in [1.165, 1.54) is 6.33 Å². The fraction of sp³-hybridized carbons (Fsp3) is 0.333. The van der Waals surface area contributed by atoms with Gasteiger partial charge in [0.25, 0.3) is 0 Å². The molecular weight excluding hydrogens is 156 g/mol. The summed E-state index contributed by atoms with van der Waals surface area (Å²) in [5.41, 5.74) is 7.32. The highest BCUT2D eigenvalue weighted by Crippen LogP contribution is 2.28. The van der Waals surface area contributed by atoms with Crippen LogP contribution in [0.3, 0.4) is 0 Å². The summed E-state index contributed by atoms with van der Waals surface area (Å²) >= 11 is 0. The number of nitrogens with one attached hydrogen (secondary N) is 3. The predicted octanol–water partition coefficient (Wildman–Crippen LogP) is 1.22. The van der Waals surface area contributed by atoms with Crippen molar-refractivity contribution in [2.75, 3.05) is 24.7 Å². The summed E-state index contributed by atoms with van der Waals surface area (Å²) in [4.78, 5) is 7.80. The first-order valence-electron chi connectivity index (χ1n) is 3.41. The molecule has 1 aromatic rings. The highest BCUT2D eigenvalue weighted by Gasteiger charge is 2.06. The third kappa shape index (κ3) is 1.31. The molecule has 6 nitrogen and oxygen atoms in total. The van der Waals surface area contributed by atoms with E-state index in [1.54, 1.807) is 14.1 Å². The van der Waals surface area contributed by atoms with Gasteiger partial charge in [0.05, 0.1) is 0 Å². The lowest BCUT2D eigenvalue weighted by Gasteiger charge is -2.05. The quantitative estimate of drug-likeness (QED) is 0.589. The van der Waals surface area contributed by atoms with Crippen LogP contribution in [0, 0.1) is 5.53 Å². The minimum atomic E-state index is 0.419. The maximum atomic E-state index is 6.90. The maximum Gasteiger partial charge on any atom is 0.169 e. The third-order valence-corrected chi connectivity index (χ3v) is 1.41. The lowest BCUT2D eigenvalue weighted by atomic mass is 10.4. The van der Waals surface area contributed by atoms with Crippen molar-refractivity contribution in [2.45, 2.75) is 0 Å². The van der Waals surface area contributed by atoms with Crippen LogP contribution in [0.2, 0.25) is 0 Å². The van der Waals surface area contributed by atoms with Crippen LogP contribution in [0.25, 0.3) is 0 Å². The SMILES string of the molecule is CNc1ncnc(NC)c1N=N. The first-order valence-corrected chi connectivity index (χ1v) is 3.41. The molecule has 0 atom stereocenters. The van der Waals surface area contributed by atoms with Crippen LogP contribution in [-0.2, 0) is 0 Å². The van der Waals surface area contributed by atoms with Crippen molar-refractivity contribution in [1.29, 1.82) is 5.53 Å². The molecule has 0 saturated carbocycles. The zero-order valence-corrected chi connectivity index (χ0v) is 6.92. The van der Waals surface area contributed by atoms with Crippen LogP contribution in [0.5, 0.6) is 0 Å². The average Bonchev–Trinajstić information content (AvgIpc) is 2.16. The highest BCUT2D eigenvalue weighted by molar-refractivity contribution is 5.72. The second kappa shape index (κ2) is 3.61. The summed E-state index contributed by atoms with van der Waals surface area (Å²) in [5.74, 6) is 1.09. The Labute approximate surface area is 69.9 Å². The predicted molar refractivity (Wildman–Crippen MR) is 45.9 cm³/mol. The van der Waals surface area contributed by atoms with Crippen molar-refractivity contribution in [3.05, 3.63) is 6.33 Å². The van der Waals surface area contributed by atoms with E-state index in [0.29, 0.717) is 17.3 Å². The molecule has 0 aromatic carbocycles. The van der Waals surface area contributed by atoms with Crippen molar-refractivity contribution in [1.82, 2.24) is 9.97 Å². The molecule has 3 N–H and O–H groups in total. The molecule has 0 aliphatic carbocycles. The number of hydrogen-bond donors (Lipinski definition) is 3. The Morgan fingerprint density at radius 3 is 2.08 bits per heavy atom. The van der Waals surface area contributed by atoms with Gasteiger partial charge < -0.3 is 10.6 Å². The van der Waals surface area contributed by atoms with Gasteiger partial charge in [0.1, 0.15) is 6.33 Å². The Bertz CT molecular complexity index is 261. The summed E-state index contributed by atoms with van der Waals surface area (Å²) in [6.07, 6.45) is 1.41. The van der Waals surface area contributed by atoms with Crippen LogP contribution in [-0.4, -0.2) is 24.1 Å². The number of hydrogen-bond acceptors (Lipinski definition) is 6. The van der Waals surface area contributed by atoms with Gasteiger partial charge >= 0.3 is 0 Å². The lowest BCUT2D eigenvalue weighted by Crippen LogP contribution is -1.98. The molecule has 1 aromatic heterocycles. The zero-order valence-electron chi connectivity index (χ0n) is 6.92. The largest absolute Gasteiger partial charge is 0.371 e. The number of rotatable bonds is 3. The van der Waals surface area contributed by atoms with Crippen LogP contribution in [0.1, 0.15) is 0 Å². The standard InChI is InChI=1S/C6H10N6/c1-8-5-4(12-7)6(9-2)11-3-10-5/h3,7H,1-2H3,(H2,8,9,10,11). The molecule has 0 aliphatic heterocycles. The Balaban J connectivity index is 3.21. The van der Waals surface area contributed by atoms with Crippen LogP contribution >= 0.6 is 0 Å². The summed E-state index contributed by atoms with van der Waals surface area (Å²) < 4.78 is 0. The van der Waals surface area contributed by atoms with Gasteiger partial charge in [-0.1, -0.05) is 0 Å². The molecule has 12 heavy (non-hydrogen) atoms. The smallest absolute Gasteiger partial charge is 0.169 e. The van der Waals surface area contributed by atoms with Crippen molar-refractivity contribution in [3.63, 3.8) is 0 Å². The molecule has 1 rings (SSSR count). The van der Waals surface area contributed by atoms with Crippen molar-refractivity contribution < 1.29 is 0 Å². The highest BCUT2D eigenvalue weighted by atomic mass is 15.1. The maximum absolute atomic E-state index is 6.90. The van der Waals surface area contributed by atoms with Crippen molar-refractivity contribution in [3.8, 4) is 0 Å². The van der Waals surface area contributed by atoms with Gasteiger partial charge in [-0.05, 0) is 0 Å². The summed E-state index contributed by atoms with van der Waals surface area (Å²) in [5, 5.41) is 8.94. The minimum absolute atomic E-state index is 0.419. The minimum Gasteiger partial charge on any atom is -0.371 e. The van der Waals surface area contributed by atoms with E-state index in [9.17, 15) is 0 Å². The third-order valence-electron chi connectivity index (χ3n) is 1.41. The van der Waals surface area contributed by atoms with Gasteiger partial charge in [-0.25, -0.2) is 15.5 Å². The molecule has 0 aliphatic rings. The van der Waals surface area contributed by atoms with Gasteiger partial charge in [-0.15, -0.1) is 0 Å². The fourth-order valence-corrected chi connectivity index (χ4v) is 0.851. The van der Waals surface area contributed by atoms with E-state index in [2.05, 4.69) is 25.7 Å². The zero-order chi connectivity index (χ0) is 8.97. The first-order chi connectivity index (χ1) is 5.83. The van der Waals surface area contributed by atoms with Gasteiger partial charge in [0.2, 0.25) is 0 Å². The molecule has 0 radical (unpaired) electrons. The van der Waals surface area contributed by atoms with E-state index < -0.39 is 0 Å². The van der Waals surface area contributed by atoms with E-state index in [-0.39, 0.29) is 0 Å². The Kier molecular flexibility index (Phi) is 2.52. The summed E-state index contributed by atoms with van der Waals surface area (Å²) in [6.45, 7) is 0. The van der Waals surface area contributed by atoms with Gasteiger partial charge in [-0.3, -0.25) is 0 Å². The Hall–Kier alpha value is -1.72. The van der Waals surface area contributed by atoms with E-state index in [1.807, 2.05) is 0 Å². The van der Waals surface area contributed by atoms with Crippen molar-refractivity contribution in [2.24, 2.45) is 5.11 Å². The Morgan fingerprint density at radius 1 is 1.25 bits per heavy atom. The second-order valence-corrected chi connectivity index (χ2v) is 2.03. The molecular formula is C6H10N6. The normalized spacial score (nSPS) is 9.17.